The number of rotatable bonds is 8. The molecular weight excluding hydrogens is 200 g/mol. The van der Waals surface area contributed by atoms with Gasteiger partial charge >= 0.3 is 0 Å². The fourth-order valence-corrected chi connectivity index (χ4v) is 2.36. The van der Waals surface area contributed by atoms with Crippen molar-refractivity contribution in [3.8, 4) is 0 Å². The summed E-state index contributed by atoms with van der Waals surface area (Å²) in [5.41, 5.74) is 0. The molecule has 96 valence electrons. The molecule has 1 N–H and O–H groups in total. The van der Waals surface area contributed by atoms with Crippen molar-refractivity contribution in [2.45, 2.75) is 38.6 Å². The summed E-state index contributed by atoms with van der Waals surface area (Å²) in [6, 6.07) is 0.512. The minimum Gasteiger partial charge on any atom is -0.383 e. The van der Waals surface area contributed by atoms with Crippen molar-refractivity contribution in [2.24, 2.45) is 5.92 Å². The summed E-state index contributed by atoms with van der Waals surface area (Å²) in [6.07, 6.45) is 5.75. The first-order chi connectivity index (χ1) is 7.74. The third-order valence-electron chi connectivity index (χ3n) is 3.71. The Labute approximate surface area is 101 Å². The lowest BCUT2D eigenvalue weighted by atomic mass is 10.1. The molecular formula is C13H28N2O. The fraction of sp³-hybridized carbons (Fsp3) is 1.00. The quantitative estimate of drug-likeness (QED) is 0.640. The van der Waals surface area contributed by atoms with E-state index in [4.69, 9.17) is 4.74 Å². The number of ether oxygens (including phenoxy) is 1. The first-order valence-corrected chi connectivity index (χ1v) is 6.64. The van der Waals surface area contributed by atoms with E-state index in [0.717, 1.165) is 25.6 Å². The predicted octanol–water partition coefficient (Wildman–Crippen LogP) is 1.73. The Kier molecular flexibility index (Phi) is 7.01. The van der Waals surface area contributed by atoms with E-state index >= 15 is 0 Å². The Morgan fingerprint density at radius 3 is 2.69 bits per heavy atom. The number of hydrogen-bond donors (Lipinski definition) is 1. The smallest absolute Gasteiger partial charge is 0.0615 e. The van der Waals surface area contributed by atoms with Crippen LogP contribution in [0.3, 0.4) is 0 Å². The van der Waals surface area contributed by atoms with Crippen LogP contribution in [0.4, 0.5) is 0 Å². The standard InChI is InChI=1S/C13H28N2O/c1-12(11-16-3)15(2)9-8-14-10-13-6-4-5-7-13/h12-14H,4-11H2,1-3H3. The van der Waals surface area contributed by atoms with Gasteiger partial charge in [0.25, 0.3) is 0 Å². The average Bonchev–Trinajstić information content (AvgIpc) is 2.77. The van der Waals surface area contributed by atoms with Gasteiger partial charge in [0, 0.05) is 26.2 Å². The van der Waals surface area contributed by atoms with E-state index in [-0.39, 0.29) is 0 Å². The number of hydrogen-bond acceptors (Lipinski definition) is 3. The van der Waals surface area contributed by atoms with Crippen LogP contribution in [0, 0.1) is 5.92 Å². The van der Waals surface area contributed by atoms with Crippen LogP contribution in [-0.4, -0.2) is 51.3 Å². The number of methoxy groups -OCH3 is 1. The molecule has 0 spiro atoms. The van der Waals surface area contributed by atoms with Gasteiger partial charge in [-0.15, -0.1) is 0 Å². The van der Waals surface area contributed by atoms with Gasteiger partial charge in [0.15, 0.2) is 0 Å². The summed E-state index contributed by atoms with van der Waals surface area (Å²) in [5.74, 6) is 0.946. The molecule has 0 amide bonds. The molecule has 1 fully saturated rings. The van der Waals surface area contributed by atoms with Crippen LogP contribution in [0.25, 0.3) is 0 Å². The van der Waals surface area contributed by atoms with E-state index in [9.17, 15) is 0 Å². The summed E-state index contributed by atoms with van der Waals surface area (Å²) in [6.45, 7) is 6.45. The maximum absolute atomic E-state index is 5.15. The van der Waals surface area contributed by atoms with Crippen molar-refractivity contribution in [2.75, 3.05) is 40.4 Å². The molecule has 0 aromatic rings. The Hall–Kier alpha value is -0.120. The summed E-state index contributed by atoms with van der Waals surface area (Å²) < 4.78 is 5.15. The van der Waals surface area contributed by atoms with Crippen LogP contribution in [0.5, 0.6) is 0 Å². The molecule has 3 nitrogen and oxygen atoms in total. The second kappa shape index (κ2) is 8.04. The van der Waals surface area contributed by atoms with Crippen LogP contribution in [0.2, 0.25) is 0 Å². The molecule has 0 saturated heterocycles. The van der Waals surface area contributed by atoms with Crippen molar-refractivity contribution in [1.29, 1.82) is 0 Å². The first-order valence-electron chi connectivity index (χ1n) is 6.64. The zero-order chi connectivity index (χ0) is 11.8. The van der Waals surface area contributed by atoms with E-state index in [1.54, 1.807) is 7.11 Å². The largest absolute Gasteiger partial charge is 0.383 e. The maximum atomic E-state index is 5.15. The number of nitrogens with one attached hydrogen (secondary N) is 1. The Morgan fingerprint density at radius 1 is 1.38 bits per heavy atom. The van der Waals surface area contributed by atoms with E-state index in [1.807, 2.05) is 0 Å². The topological polar surface area (TPSA) is 24.5 Å². The normalized spacial score (nSPS) is 19.5. The monoisotopic (exact) mass is 228 g/mol. The summed E-state index contributed by atoms with van der Waals surface area (Å²) >= 11 is 0. The summed E-state index contributed by atoms with van der Waals surface area (Å²) in [5, 5.41) is 3.57. The van der Waals surface area contributed by atoms with Crippen molar-refractivity contribution in [3.05, 3.63) is 0 Å². The minimum absolute atomic E-state index is 0.512. The number of nitrogens with zero attached hydrogens (tertiary/aromatic N) is 1. The summed E-state index contributed by atoms with van der Waals surface area (Å²) in [4.78, 5) is 2.35. The third-order valence-corrected chi connectivity index (χ3v) is 3.71. The SMILES string of the molecule is COCC(C)N(C)CCNCC1CCCC1. The van der Waals surface area contributed by atoms with E-state index in [0.29, 0.717) is 6.04 Å². The van der Waals surface area contributed by atoms with Gasteiger partial charge < -0.3 is 15.0 Å². The number of likely N-dealkylation sites (N-methyl/N-ethyl adjacent to an activating group) is 1. The molecule has 1 aliphatic carbocycles. The summed E-state index contributed by atoms with van der Waals surface area (Å²) in [7, 11) is 3.93. The zero-order valence-electron chi connectivity index (χ0n) is 11.2. The van der Waals surface area contributed by atoms with Crippen LogP contribution < -0.4 is 5.32 Å². The van der Waals surface area contributed by atoms with Crippen LogP contribution >= 0.6 is 0 Å². The van der Waals surface area contributed by atoms with Crippen LogP contribution in [0.15, 0.2) is 0 Å². The van der Waals surface area contributed by atoms with Crippen molar-refractivity contribution in [3.63, 3.8) is 0 Å². The van der Waals surface area contributed by atoms with E-state index in [2.05, 4.69) is 24.2 Å². The lowest BCUT2D eigenvalue weighted by Crippen LogP contribution is -2.38. The van der Waals surface area contributed by atoms with Gasteiger partial charge in [-0.1, -0.05) is 12.8 Å². The molecule has 0 aliphatic heterocycles. The van der Waals surface area contributed by atoms with Gasteiger partial charge in [0.1, 0.15) is 0 Å². The highest BCUT2D eigenvalue weighted by Gasteiger charge is 2.14. The highest BCUT2D eigenvalue weighted by Crippen LogP contribution is 2.23. The molecule has 16 heavy (non-hydrogen) atoms. The lowest BCUT2D eigenvalue weighted by Gasteiger charge is -2.24. The molecule has 0 aromatic heterocycles. The van der Waals surface area contributed by atoms with Gasteiger partial charge in [-0.2, -0.15) is 0 Å². The molecule has 0 radical (unpaired) electrons. The second-order valence-electron chi connectivity index (χ2n) is 5.14. The van der Waals surface area contributed by atoms with Crippen LogP contribution in [-0.2, 0) is 4.74 Å². The Balaban J connectivity index is 1.97. The molecule has 3 heteroatoms. The Morgan fingerprint density at radius 2 is 2.06 bits per heavy atom. The van der Waals surface area contributed by atoms with Crippen LogP contribution in [0.1, 0.15) is 32.6 Å². The highest BCUT2D eigenvalue weighted by molar-refractivity contribution is 4.70. The molecule has 1 saturated carbocycles. The first kappa shape index (κ1) is 13.9. The van der Waals surface area contributed by atoms with Crippen molar-refractivity contribution < 1.29 is 4.74 Å². The van der Waals surface area contributed by atoms with E-state index in [1.165, 1.54) is 32.2 Å². The van der Waals surface area contributed by atoms with Gasteiger partial charge in [-0.05, 0) is 39.3 Å². The third kappa shape index (κ3) is 5.28. The highest BCUT2D eigenvalue weighted by atomic mass is 16.5. The predicted molar refractivity (Wildman–Crippen MR) is 68.8 cm³/mol. The zero-order valence-corrected chi connectivity index (χ0v) is 11.2. The fourth-order valence-electron chi connectivity index (χ4n) is 2.36. The molecule has 1 rings (SSSR count). The molecule has 0 heterocycles. The molecule has 0 aromatic carbocycles. The van der Waals surface area contributed by atoms with Gasteiger partial charge in [-0.25, -0.2) is 0 Å². The molecule has 1 aliphatic rings. The second-order valence-corrected chi connectivity index (χ2v) is 5.14. The molecule has 0 bridgehead atoms. The molecule has 1 unspecified atom stereocenters. The van der Waals surface area contributed by atoms with Gasteiger partial charge in [0.2, 0.25) is 0 Å². The Bertz CT molecular complexity index is 169. The van der Waals surface area contributed by atoms with Gasteiger partial charge in [-0.3, -0.25) is 0 Å². The van der Waals surface area contributed by atoms with Crippen molar-refractivity contribution in [1.82, 2.24) is 10.2 Å². The molecule has 1 atom stereocenters. The van der Waals surface area contributed by atoms with Gasteiger partial charge in [0.05, 0.1) is 6.61 Å². The van der Waals surface area contributed by atoms with Crippen molar-refractivity contribution >= 4 is 0 Å². The average molecular weight is 228 g/mol. The minimum atomic E-state index is 0.512. The van der Waals surface area contributed by atoms with E-state index < -0.39 is 0 Å². The lowest BCUT2D eigenvalue weighted by molar-refractivity contribution is 0.116. The maximum Gasteiger partial charge on any atom is 0.0615 e.